The molecule has 0 radical (unpaired) electrons. The molecule has 0 amide bonds. The van der Waals surface area contributed by atoms with Crippen molar-refractivity contribution in [1.29, 1.82) is 0 Å². The fraction of sp³-hybridized carbons (Fsp3) is 0.292. The summed E-state index contributed by atoms with van der Waals surface area (Å²) in [7, 11) is 0. The van der Waals surface area contributed by atoms with Crippen LogP contribution in [0.5, 0.6) is 0 Å². The van der Waals surface area contributed by atoms with Gasteiger partial charge in [0.05, 0.1) is 13.2 Å². The van der Waals surface area contributed by atoms with Crippen molar-refractivity contribution >= 4 is 34.2 Å². The molecule has 2 aromatic carbocycles. The Balaban J connectivity index is 1.29. The highest BCUT2D eigenvalue weighted by Crippen LogP contribution is 2.26. The molecular weight excluding hydrogens is 404 g/mol. The van der Waals surface area contributed by atoms with Crippen LogP contribution in [0.25, 0.3) is 11.1 Å². The first-order valence-corrected chi connectivity index (χ1v) is 10.8. The average molecular weight is 431 g/mol. The Morgan fingerprint density at radius 1 is 0.969 bits per heavy atom. The molecule has 0 aliphatic carbocycles. The minimum absolute atomic E-state index is 0.362. The molecule has 8 heteroatoms. The van der Waals surface area contributed by atoms with Gasteiger partial charge in [0.15, 0.2) is 12.0 Å². The summed E-state index contributed by atoms with van der Waals surface area (Å²) in [5.41, 5.74) is 5.62. The summed E-state index contributed by atoms with van der Waals surface area (Å²) < 4.78 is 10.8. The van der Waals surface area contributed by atoms with Crippen molar-refractivity contribution in [2.24, 2.45) is 0 Å². The highest BCUT2D eigenvalue weighted by Gasteiger charge is 2.18. The lowest BCUT2D eigenvalue weighted by Crippen LogP contribution is -2.37. The van der Waals surface area contributed by atoms with E-state index in [9.17, 15) is 0 Å². The van der Waals surface area contributed by atoms with Gasteiger partial charge in [-0.3, -0.25) is 4.90 Å². The van der Waals surface area contributed by atoms with Crippen LogP contribution in [0.1, 0.15) is 24.1 Å². The summed E-state index contributed by atoms with van der Waals surface area (Å²) in [6.07, 6.45) is 3.25. The molecule has 1 unspecified atom stereocenters. The zero-order chi connectivity index (χ0) is 21.9. The first-order valence-electron chi connectivity index (χ1n) is 10.8. The molecule has 4 aromatic rings. The molecule has 1 fully saturated rings. The number of rotatable bonds is 6. The molecule has 8 nitrogen and oxygen atoms in total. The number of anilines is 4. The van der Waals surface area contributed by atoms with Crippen molar-refractivity contribution in [1.82, 2.24) is 19.9 Å². The van der Waals surface area contributed by atoms with Gasteiger partial charge in [0.25, 0.3) is 0 Å². The van der Waals surface area contributed by atoms with E-state index in [0.29, 0.717) is 12.0 Å². The number of oxazole rings is 1. The van der Waals surface area contributed by atoms with Crippen molar-refractivity contribution in [2.45, 2.75) is 19.9 Å². The molecule has 0 bridgehead atoms. The molecule has 3 heterocycles. The Labute approximate surface area is 186 Å². The van der Waals surface area contributed by atoms with Crippen LogP contribution in [-0.2, 0) is 4.74 Å². The summed E-state index contributed by atoms with van der Waals surface area (Å²) in [5.74, 6) is 1.28. The van der Waals surface area contributed by atoms with E-state index in [4.69, 9.17) is 9.15 Å². The highest BCUT2D eigenvalue weighted by atomic mass is 16.5. The Bertz CT molecular complexity index is 1200. The molecule has 0 saturated carbocycles. The number of ether oxygens (including phenoxy) is 1. The molecule has 1 saturated heterocycles. The van der Waals surface area contributed by atoms with Crippen LogP contribution in [0, 0.1) is 6.92 Å². The minimum atomic E-state index is 0.362. The first kappa shape index (κ1) is 20.4. The Morgan fingerprint density at radius 3 is 2.56 bits per heavy atom. The Morgan fingerprint density at radius 2 is 1.75 bits per heavy atom. The minimum Gasteiger partial charge on any atom is -0.443 e. The molecule has 2 N–H and O–H groups in total. The number of fused-ring (bicyclic) bond motifs is 1. The van der Waals surface area contributed by atoms with Crippen molar-refractivity contribution in [3.63, 3.8) is 0 Å². The van der Waals surface area contributed by atoms with Crippen molar-refractivity contribution in [3.8, 4) is 0 Å². The monoisotopic (exact) mass is 430 g/mol. The standard InChI is InChI=1S/C24H26N6O2/c1-16-14-25-24(29-23(16)27-20-7-8-22-21(13-20)26-15-32-22)28-19-5-3-18(4-6-19)17(2)30-9-11-31-12-10-30/h3-8,13-15,17H,9-12H2,1-2H3,(H2,25,27,28,29). The van der Waals surface area contributed by atoms with Crippen LogP contribution in [0.2, 0.25) is 0 Å². The van der Waals surface area contributed by atoms with Gasteiger partial charge in [-0.2, -0.15) is 4.98 Å². The number of aromatic nitrogens is 3. The van der Waals surface area contributed by atoms with Crippen LogP contribution in [0.15, 0.2) is 59.5 Å². The number of hydrogen-bond donors (Lipinski definition) is 2. The summed E-state index contributed by atoms with van der Waals surface area (Å²) in [5, 5.41) is 6.66. The first-order chi connectivity index (χ1) is 15.7. The maximum Gasteiger partial charge on any atom is 0.229 e. The smallest absolute Gasteiger partial charge is 0.229 e. The van der Waals surface area contributed by atoms with Gasteiger partial charge in [0.1, 0.15) is 11.3 Å². The van der Waals surface area contributed by atoms with E-state index in [1.165, 1.54) is 12.0 Å². The molecule has 1 aliphatic rings. The topological polar surface area (TPSA) is 88.3 Å². The summed E-state index contributed by atoms with van der Waals surface area (Å²) in [4.78, 5) is 15.8. The lowest BCUT2D eigenvalue weighted by atomic mass is 10.1. The van der Waals surface area contributed by atoms with E-state index >= 15 is 0 Å². The highest BCUT2D eigenvalue weighted by molar-refractivity contribution is 5.78. The van der Waals surface area contributed by atoms with Crippen LogP contribution >= 0.6 is 0 Å². The summed E-state index contributed by atoms with van der Waals surface area (Å²) >= 11 is 0. The number of hydrogen-bond acceptors (Lipinski definition) is 8. The maximum atomic E-state index is 5.46. The molecule has 2 aromatic heterocycles. The van der Waals surface area contributed by atoms with E-state index in [-0.39, 0.29) is 0 Å². The largest absolute Gasteiger partial charge is 0.443 e. The predicted molar refractivity (Wildman–Crippen MR) is 125 cm³/mol. The Hall–Kier alpha value is -3.49. The third-order valence-corrected chi connectivity index (χ3v) is 5.81. The normalized spacial score (nSPS) is 15.6. The predicted octanol–water partition coefficient (Wildman–Crippen LogP) is 4.81. The molecule has 0 spiro atoms. The summed E-state index contributed by atoms with van der Waals surface area (Å²) in [6.45, 7) is 7.76. The zero-order valence-electron chi connectivity index (χ0n) is 18.2. The number of morpholine rings is 1. The van der Waals surface area contributed by atoms with Gasteiger partial charge in [-0.25, -0.2) is 9.97 Å². The third kappa shape index (κ3) is 4.42. The fourth-order valence-electron chi connectivity index (χ4n) is 3.85. The lowest BCUT2D eigenvalue weighted by Gasteiger charge is -2.32. The second-order valence-corrected chi connectivity index (χ2v) is 7.96. The molecule has 1 aliphatic heterocycles. The van der Waals surface area contributed by atoms with Crippen LogP contribution in [-0.4, -0.2) is 46.2 Å². The summed E-state index contributed by atoms with van der Waals surface area (Å²) in [6, 6.07) is 14.6. The number of nitrogens with one attached hydrogen (secondary N) is 2. The van der Waals surface area contributed by atoms with Gasteiger partial charge < -0.3 is 19.8 Å². The second-order valence-electron chi connectivity index (χ2n) is 7.96. The second kappa shape index (κ2) is 8.94. The molecular formula is C24H26N6O2. The van der Waals surface area contributed by atoms with Gasteiger partial charge in [0.2, 0.25) is 5.95 Å². The van der Waals surface area contributed by atoms with E-state index in [0.717, 1.165) is 60.2 Å². The van der Waals surface area contributed by atoms with E-state index < -0.39 is 0 Å². The number of benzene rings is 2. The van der Waals surface area contributed by atoms with Gasteiger partial charge in [-0.15, -0.1) is 0 Å². The Kier molecular flexibility index (Phi) is 5.70. The fourth-order valence-corrected chi connectivity index (χ4v) is 3.85. The van der Waals surface area contributed by atoms with Gasteiger partial charge in [0, 0.05) is 42.3 Å². The quantitative estimate of drug-likeness (QED) is 0.451. The third-order valence-electron chi connectivity index (χ3n) is 5.81. The lowest BCUT2D eigenvalue weighted by molar-refractivity contribution is 0.0198. The van der Waals surface area contributed by atoms with Crippen LogP contribution in [0.3, 0.4) is 0 Å². The van der Waals surface area contributed by atoms with E-state index in [1.54, 1.807) is 6.20 Å². The van der Waals surface area contributed by atoms with Crippen LogP contribution in [0.4, 0.5) is 23.1 Å². The molecule has 5 rings (SSSR count). The van der Waals surface area contributed by atoms with Crippen molar-refractivity contribution < 1.29 is 9.15 Å². The molecule has 164 valence electrons. The number of aryl methyl sites for hydroxylation is 1. The van der Waals surface area contributed by atoms with E-state index in [1.807, 2.05) is 25.1 Å². The van der Waals surface area contributed by atoms with Gasteiger partial charge >= 0.3 is 0 Å². The number of nitrogens with zero attached hydrogens (tertiary/aromatic N) is 4. The van der Waals surface area contributed by atoms with E-state index in [2.05, 4.69) is 61.7 Å². The maximum absolute atomic E-state index is 5.46. The van der Waals surface area contributed by atoms with Gasteiger partial charge in [-0.1, -0.05) is 12.1 Å². The van der Waals surface area contributed by atoms with Crippen molar-refractivity contribution in [2.75, 3.05) is 36.9 Å². The SMILES string of the molecule is Cc1cnc(Nc2ccc(C(C)N3CCOCC3)cc2)nc1Nc1ccc2ocnc2c1. The zero-order valence-corrected chi connectivity index (χ0v) is 18.2. The van der Waals surface area contributed by atoms with Crippen molar-refractivity contribution in [3.05, 3.63) is 66.2 Å². The molecule has 32 heavy (non-hydrogen) atoms. The van der Waals surface area contributed by atoms with Crippen LogP contribution < -0.4 is 10.6 Å². The average Bonchev–Trinajstić information content (AvgIpc) is 3.30. The van der Waals surface area contributed by atoms with Gasteiger partial charge in [-0.05, 0) is 49.7 Å². The molecule has 1 atom stereocenters.